The van der Waals surface area contributed by atoms with Gasteiger partial charge in [0.2, 0.25) is 0 Å². The van der Waals surface area contributed by atoms with Gasteiger partial charge in [-0.05, 0) is 35.6 Å². The topological polar surface area (TPSA) is 0 Å². The number of rotatable bonds is 4. The Labute approximate surface area is 107 Å². The summed E-state index contributed by atoms with van der Waals surface area (Å²) in [6.07, 6.45) is 7.22. The first-order valence-corrected chi connectivity index (χ1v) is 6.92. The van der Waals surface area contributed by atoms with E-state index in [1.165, 1.54) is 41.3 Å². The van der Waals surface area contributed by atoms with Crippen molar-refractivity contribution in [3.05, 3.63) is 45.8 Å². The molecule has 0 amide bonds. The number of fused-ring (bicyclic) bond motifs is 1. The van der Waals surface area contributed by atoms with E-state index in [1.54, 1.807) is 11.1 Å². The molecule has 85 valence electrons. The summed E-state index contributed by atoms with van der Waals surface area (Å²) in [5, 5.41) is 0. The van der Waals surface area contributed by atoms with Gasteiger partial charge in [-0.15, -0.1) is 0 Å². The zero-order valence-corrected chi connectivity index (χ0v) is 11.6. The summed E-state index contributed by atoms with van der Waals surface area (Å²) in [5.41, 5.74) is 5.94. The van der Waals surface area contributed by atoms with Gasteiger partial charge in [-0.3, -0.25) is 0 Å². The SMILES string of the molecule is CCCC1=C(CCC)c2c(Br)cccc2[CH]1. The summed E-state index contributed by atoms with van der Waals surface area (Å²) < 4.78 is 1.25. The standard InChI is InChI=1S/C15H18Br/c1-3-6-11-10-12-8-5-9-14(16)15(12)13(11)7-4-2/h5,8-10H,3-4,6-7H2,1-2H3. The lowest BCUT2D eigenvalue weighted by molar-refractivity contribution is 0.904. The molecule has 1 aliphatic carbocycles. The van der Waals surface area contributed by atoms with E-state index >= 15 is 0 Å². The van der Waals surface area contributed by atoms with Crippen molar-refractivity contribution in [3.63, 3.8) is 0 Å². The van der Waals surface area contributed by atoms with Crippen molar-refractivity contribution in [1.82, 2.24) is 0 Å². The van der Waals surface area contributed by atoms with Crippen LogP contribution in [0.25, 0.3) is 5.57 Å². The first-order chi connectivity index (χ1) is 7.77. The molecular formula is C15H18Br. The highest BCUT2D eigenvalue weighted by Gasteiger charge is 2.22. The molecule has 0 aromatic heterocycles. The molecule has 2 rings (SSSR count). The van der Waals surface area contributed by atoms with E-state index in [2.05, 4.69) is 54.4 Å². The Morgan fingerprint density at radius 2 is 1.81 bits per heavy atom. The van der Waals surface area contributed by atoms with E-state index < -0.39 is 0 Å². The van der Waals surface area contributed by atoms with Crippen molar-refractivity contribution < 1.29 is 0 Å². The van der Waals surface area contributed by atoms with Crippen LogP contribution >= 0.6 is 15.9 Å². The molecule has 16 heavy (non-hydrogen) atoms. The second-order valence-electron chi connectivity index (χ2n) is 4.35. The second-order valence-corrected chi connectivity index (χ2v) is 5.21. The minimum absolute atomic E-state index is 1.20. The molecule has 0 saturated carbocycles. The maximum Gasteiger partial charge on any atom is 0.0253 e. The van der Waals surface area contributed by atoms with Gasteiger partial charge in [0.15, 0.2) is 0 Å². The van der Waals surface area contributed by atoms with E-state index in [-0.39, 0.29) is 0 Å². The summed E-state index contributed by atoms with van der Waals surface area (Å²) in [7, 11) is 0. The average molecular weight is 278 g/mol. The van der Waals surface area contributed by atoms with Gasteiger partial charge in [0, 0.05) is 10.9 Å². The van der Waals surface area contributed by atoms with Crippen LogP contribution in [0.5, 0.6) is 0 Å². The van der Waals surface area contributed by atoms with E-state index in [1.807, 2.05) is 0 Å². The lowest BCUT2D eigenvalue weighted by atomic mass is 9.99. The average Bonchev–Trinajstić information content (AvgIpc) is 2.59. The molecule has 1 aliphatic rings. The second kappa shape index (κ2) is 5.18. The van der Waals surface area contributed by atoms with Crippen LogP contribution in [-0.2, 0) is 0 Å². The summed E-state index contributed by atoms with van der Waals surface area (Å²) in [6.45, 7) is 4.51. The Morgan fingerprint density at radius 3 is 2.50 bits per heavy atom. The maximum atomic E-state index is 3.68. The third-order valence-electron chi connectivity index (χ3n) is 3.08. The summed E-state index contributed by atoms with van der Waals surface area (Å²) in [4.78, 5) is 0. The first kappa shape index (κ1) is 11.9. The maximum absolute atomic E-state index is 3.68. The zero-order valence-electron chi connectivity index (χ0n) is 10.0. The fraction of sp³-hybridized carbons (Fsp3) is 0.400. The molecule has 1 radical (unpaired) electrons. The molecule has 0 saturated heterocycles. The highest BCUT2D eigenvalue weighted by Crippen LogP contribution is 2.42. The molecule has 1 aromatic carbocycles. The third kappa shape index (κ3) is 2.10. The molecule has 0 fully saturated rings. The summed E-state index contributed by atoms with van der Waals surface area (Å²) >= 11 is 3.68. The van der Waals surface area contributed by atoms with Crippen molar-refractivity contribution in [2.24, 2.45) is 0 Å². The Morgan fingerprint density at radius 1 is 1.06 bits per heavy atom. The molecule has 0 spiro atoms. The van der Waals surface area contributed by atoms with E-state index in [4.69, 9.17) is 0 Å². The molecule has 0 atom stereocenters. The Bertz CT molecular complexity index is 415. The van der Waals surface area contributed by atoms with Crippen LogP contribution in [0.15, 0.2) is 28.2 Å². The smallest absolute Gasteiger partial charge is 0.0253 e. The van der Waals surface area contributed by atoms with E-state index in [0.29, 0.717) is 0 Å². The summed E-state index contributed by atoms with van der Waals surface area (Å²) in [6, 6.07) is 6.49. The molecule has 1 aromatic rings. The van der Waals surface area contributed by atoms with Crippen LogP contribution in [-0.4, -0.2) is 0 Å². The van der Waals surface area contributed by atoms with Crippen molar-refractivity contribution in [2.75, 3.05) is 0 Å². The molecule has 0 unspecified atom stereocenters. The molecule has 0 nitrogen and oxygen atoms in total. The molecular weight excluding hydrogens is 260 g/mol. The lowest BCUT2D eigenvalue weighted by Gasteiger charge is -2.08. The Kier molecular flexibility index (Phi) is 3.86. The number of benzene rings is 1. The lowest BCUT2D eigenvalue weighted by Crippen LogP contribution is -1.86. The van der Waals surface area contributed by atoms with Gasteiger partial charge in [-0.1, -0.05) is 60.3 Å². The van der Waals surface area contributed by atoms with Gasteiger partial charge in [-0.25, -0.2) is 0 Å². The Balaban J connectivity index is 2.43. The molecule has 0 N–H and O–H groups in total. The predicted octanol–water partition coefficient (Wildman–Crippen LogP) is 5.37. The number of halogens is 1. The minimum atomic E-state index is 1.20. The van der Waals surface area contributed by atoms with Gasteiger partial charge in [0.25, 0.3) is 0 Å². The molecule has 1 heteroatoms. The van der Waals surface area contributed by atoms with Crippen LogP contribution < -0.4 is 0 Å². The van der Waals surface area contributed by atoms with Crippen molar-refractivity contribution in [2.45, 2.75) is 39.5 Å². The third-order valence-corrected chi connectivity index (χ3v) is 3.75. The number of hydrogen-bond donors (Lipinski definition) is 0. The fourth-order valence-corrected chi connectivity index (χ4v) is 3.06. The van der Waals surface area contributed by atoms with Crippen LogP contribution in [0.1, 0.15) is 50.7 Å². The monoisotopic (exact) mass is 277 g/mol. The highest BCUT2D eigenvalue weighted by molar-refractivity contribution is 9.10. The van der Waals surface area contributed by atoms with Crippen molar-refractivity contribution >= 4 is 21.5 Å². The van der Waals surface area contributed by atoms with E-state index in [0.717, 1.165) is 0 Å². The summed E-state index contributed by atoms with van der Waals surface area (Å²) in [5.74, 6) is 0. The van der Waals surface area contributed by atoms with E-state index in [9.17, 15) is 0 Å². The van der Waals surface area contributed by atoms with Gasteiger partial charge in [0.1, 0.15) is 0 Å². The van der Waals surface area contributed by atoms with Crippen LogP contribution in [0.4, 0.5) is 0 Å². The van der Waals surface area contributed by atoms with Gasteiger partial charge >= 0.3 is 0 Å². The normalized spacial score (nSPS) is 14.4. The van der Waals surface area contributed by atoms with Gasteiger partial charge in [0.05, 0.1) is 0 Å². The fourth-order valence-electron chi connectivity index (χ4n) is 2.44. The van der Waals surface area contributed by atoms with Crippen LogP contribution in [0.3, 0.4) is 0 Å². The Hall–Kier alpha value is -0.560. The number of allylic oxidation sites excluding steroid dienone is 2. The largest absolute Gasteiger partial charge is 0.0651 e. The zero-order chi connectivity index (χ0) is 11.5. The molecule has 0 bridgehead atoms. The molecule has 0 aliphatic heterocycles. The minimum Gasteiger partial charge on any atom is -0.0651 e. The van der Waals surface area contributed by atoms with Gasteiger partial charge in [-0.2, -0.15) is 0 Å². The van der Waals surface area contributed by atoms with Crippen molar-refractivity contribution in [3.8, 4) is 0 Å². The quantitative estimate of drug-likeness (QED) is 0.694. The predicted molar refractivity (Wildman–Crippen MR) is 74.3 cm³/mol. The van der Waals surface area contributed by atoms with Crippen LogP contribution in [0, 0.1) is 6.42 Å². The van der Waals surface area contributed by atoms with Crippen molar-refractivity contribution in [1.29, 1.82) is 0 Å². The van der Waals surface area contributed by atoms with Crippen LogP contribution in [0.2, 0.25) is 0 Å². The molecule has 0 heterocycles. The highest BCUT2D eigenvalue weighted by atomic mass is 79.9. The first-order valence-electron chi connectivity index (χ1n) is 6.13. The number of hydrogen-bond acceptors (Lipinski definition) is 0. The van der Waals surface area contributed by atoms with Gasteiger partial charge < -0.3 is 0 Å².